The SMILES string of the molecule is C[C@@H]1C[C@H]2[C@@H]3CCC4=CC(=O)C=C[C@]4(C)[C@@]3(F)[C@@H](O)C[C@]2(C)[C@@]1(O)C(=O)COC(=O)CCCCCCCCC=S. The molecule has 0 spiro atoms. The van der Waals surface area contributed by atoms with E-state index in [2.05, 4.69) is 0 Å². The topological polar surface area (TPSA) is 101 Å². The van der Waals surface area contributed by atoms with Crippen LogP contribution in [-0.4, -0.2) is 57.1 Å². The van der Waals surface area contributed by atoms with Gasteiger partial charge in [-0.3, -0.25) is 14.4 Å². The second kappa shape index (κ2) is 11.8. The number of esters is 1. The number of allylic oxidation sites excluding steroid dienone is 4. The van der Waals surface area contributed by atoms with Gasteiger partial charge in [0.05, 0.1) is 6.10 Å². The van der Waals surface area contributed by atoms with Gasteiger partial charge in [0.2, 0.25) is 5.78 Å². The zero-order chi connectivity index (χ0) is 29.3. The molecule has 0 aromatic rings. The van der Waals surface area contributed by atoms with Crippen molar-refractivity contribution in [3.8, 4) is 0 Å². The third kappa shape index (κ3) is 4.96. The van der Waals surface area contributed by atoms with E-state index in [1.165, 1.54) is 12.2 Å². The number of alkyl halides is 1. The minimum absolute atomic E-state index is 0.0969. The Hall–Kier alpha value is -1.77. The molecule has 0 aromatic heterocycles. The second-order valence-electron chi connectivity index (χ2n) is 13.1. The zero-order valence-corrected chi connectivity index (χ0v) is 24.9. The molecule has 0 heterocycles. The number of fused-ring (bicyclic) bond motifs is 5. The minimum atomic E-state index is -2.03. The largest absolute Gasteiger partial charge is 0.458 e. The highest BCUT2D eigenvalue weighted by Crippen LogP contribution is 2.70. The molecule has 4 aliphatic rings. The molecule has 0 unspecified atom stereocenters. The van der Waals surface area contributed by atoms with Crippen LogP contribution in [0.2, 0.25) is 0 Å². The van der Waals surface area contributed by atoms with E-state index < -0.39 is 58.4 Å². The average Bonchev–Trinajstić information content (AvgIpc) is 3.11. The Balaban J connectivity index is 1.41. The molecule has 0 aromatic carbocycles. The summed E-state index contributed by atoms with van der Waals surface area (Å²) < 4.78 is 22.6. The van der Waals surface area contributed by atoms with Gasteiger partial charge in [-0.05, 0) is 81.2 Å². The minimum Gasteiger partial charge on any atom is -0.458 e. The van der Waals surface area contributed by atoms with Gasteiger partial charge in [-0.25, -0.2) is 4.39 Å². The first-order valence-corrected chi connectivity index (χ1v) is 15.5. The maximum atomic E-state index is 17.3. The first-order chi connectivity index (χ1) is 18.9. The first-order valence-electron chi connectivity index (χ1n) is 15.0. The van der Waals surface area contributed by atoms with E-state index in [-0.39, 0.29) is 24.5 Å². The van der Waals surface area contributed by atoms with Crippen LogP contribution in [0.4, 0.5) is 4.39 Å². The number of aliphatic hydroxyl groups excluding tert-OH is 1. The van der Waals surface area contributed by atoms with Crippen molar-refractivity contribution in [3.05, 3.63) is 23.8 Å². The van der Waals surface area contributed by atoms with Gasteiger partial charge in [0, 0.05) is 23.2 Å². The average molecular weight is 577 g/mol. The zero-order valence-electron chi connectivity index (χ0n) is 24.1. The molecule has 0 aliphatic heterocycles. The van der Waals surface area contributed by atoms with E-state index in [4.69, 9.17) is 17.0 Å². The van der Waals surface area contributed by atoms with Gasteiger partial charge in [-0.2, -0.15) is 0 Å². The molecule has 40 heavy (non-hydrogen) atoms. The number of carbonyl (C=O) groups is 3. The molecule has 4 aliphatic carbocycles. The van der Waals surface area contributed by atoms with Crippen LogP contribution in [0.5, 0.6) is 0 Å². The van der Waals surface area contributed by atoms with Gasteiger partial charge in [0.15, 0.2) is 18.1 Å². The van der Waals surface area contributed by atoms with E-state index in [0.29, 0.717) is 31.3 Å². The van der Waals surface area contributed by atoms with Crippen molar-refractivity contribution in [3.63, 3.8) is 0 Å². The molecule has 8 atom stereocenters. The highest BCUT2D eigenvalue weighted by atomic mass is 32.1. The number of carbonyl (C=O) groups excluding carboxylic acids is 3. The fourth-order valence-electron chi connectivity index (χ4n) is 8.67. The van der Waals surface area contributed by atoms with Crippen molar-refractivity contribution in [2.45, 2.75) is 115 Å². The fraction of sp³-hybridized carbons (Fsp3) is 0.750. The van der Waals surface area contributed by atoms with E-state index in [1.54, 1.807) is 32.2 Å². The van der Waals surface area contributed by atoms with E-state index in [0.717, 1.165) is 38.5 Å². The van der Waals surface area contributed by atoms with Gasteiger partial charge in [0.25, 0.3) is 0 Å². The quantitative estimate of drug-likeness (QED) is 0.178. The second-order valence-corrected chi connectivity index (χ2v) is 13.4. The summed E-state index contributed by atoms with van der Waals surface area (Å²) in [6.45, 7) is 4.79. The van der Waals surface area contributed by atoms with Crippen LogP contribution < -0.4 is 0 Å². The standard InChI is InChI=1S/C32H45FO6S/c1-21-17-25-24-13-12-22-18-23(34)14-15-29(22,2)31(24,33)26(35)19-30(25,3)32(21,38)27(36)20-39-28(37)11-9-7-5-4-6-8-10-16-40/h14-16,18,21,24-26,35,38H,4-13,17,19-20H2,1-3H3/t21-,24+,25+,26+,29+,30+,31+,32+/m1/s1. The van der Waals surface area contributed by atoms with Gasteiger partial charge in [0.1, 0.15) is 5.60 Å². The summed E-state index contributed by atoms with van der Waals surface area (Å²) in [6.07, 6.45) is 11.4. The number of rotatable bonds is 12. The molecule has 0 amide bonds. The number of aliphatic hydroxyl groups is 2. The van der Waals surface area contributed by atoms with E-state index >= 15 is 4.39 Å². The van der Waals surface area contributed by atoms with Crippen molar-refractivity contribution in [1.29, 1.82) is 0 Å². The van der Waals surface area contributed by atoms with Crippen LogP contribution in [0.3, 0.4) is 0 Å². The number of Topliss-reactive ketones (excluding diaryl/α,β-unsaturated/α-hetero) is 1. The van der Waals surface area contributed by atoms with Crippen LogP contribution in [0.25, 0.3) is 0 Å². The number of unbranched alkanes of at least 4 members (excludes halogenated alkanes) is 6. The van der Waals surface area contributed by atoms with Crippen LogP contribution in [-0.2, 0) is 19.1 Å². The molecular weight excluding hydrogens is 531 g/mol. The van der Waals surface area contributed by atoms with Crippen LogP contribution in [0.1, 0.15) is 97.8 Å². The number of ketones is 2. The normalized spacial score (nSPS) is 40.0. The Morgan fingerprint density at radius 1 is 1.15 bits per heavy atom. The van der Waals surface area contributed by atoms with E-state index in [1.807, 2.05) is 0 Å². The Kier molecular flexibility index (Phi) is 9.23. The lowest BCUT2D eigenvalue weighted by Crippen LogP contribution is -2.69. The summed E-state index contributed by atoms with van der Waals surface area (Å²) in [5.41, 5.74) is -5.39. The lowest BCUT2D eigenvalue weighted by Gasteiger charge is -2.62. The Morgan fingerprint density at radius 3 is 2.52 bits per heavy atom. The summed E-state index contributed by atoms with van der Waals surface area (Å²) in [5.74, 6) is -2.66. The molecule has 222 valence electrons. The lowest BCUT2D eigenvalue weighted by atomic mass is 9.44. The highest BCUT2D eigenvalue weighted by Gasteiger charge is 2.75. The van der Waals surface area contributed by atoms with Crippen LogP contribution in [0, 0.1) is 28.6 Å². The van der Waals surface area contributed by atoms with Crippen LogP contribution in [0.15, 0.2) is 23.8 Å². The molecule has 6 nitrogen and oxygen atoms in total. The third-order valence-electron chi connectivity index (χ3n) is 11.0. The smallest absolute Gasteiger partial charge is 0.306 e. The summed E-state index contributed by atoms with van der Waals surface area (Å²) in [5, 5.41) is 25.2. The fourth-order valence-corrected chi connectivity index (χ4v) is 8.84. The number of hydrogen-bond acceptors (Lipinski definition) is 7. The summed E-state index contributed by atoms with van der Waals surface area (Å²) in [4.78, 5) is 37.9. The molecule has 8 heteroatoms. The molecule has 4 rings (SSSR count). The van der Waals surface area contributed by atoms with Crippen molar-refractivity contribution in [1.82, 2.24) is 0 Å². The number of ether oxygens (including phenoxy) is 1. The number of thiocarbonyl (C=S) groups is 1. The van der Waals surface area contributed by atoms with Gasteiger partial charge in [-0.1, -0.05) is 63.4 Å². The van der Waals surface area contributed by atoms with Crippen molar-refractivity contribution in [2.75, 3.05) is 6.61 Å². The predicted molar refractivity (Wildman–Crippen MR) is 154 cm³/mol. The lowest BCUT2D eigenvalue weighted by molar-refractivity contribution is -0.220. The third-order valence-corrected chi connectivity index (χ3v) is 11.2. The number of hydrogen-bond donors (Lipinski definition) is 2. The summed E-state index contributed by atoms with van der Waals surface area (Å²) >= 11 is 4.83. The molecule has 3 fully saturated rings. The number of halogens is 1. The Morgan fingerprint density at radius 2 is 1.82 bits per heavy atom. The molecule has 2 N–H and O–H groups in total. The van der Waals surface area contributed by atoms with Crippen molar-refractivity contribution < 1.29 is 33.7 Å². The maximum Gasteiger partial charge on any atom is 0.306 e. The van der Waals surface area contributed by atoms with E-state index in [9.17, 15) is 24.6 Å². The van der Waals surface area contributed by atoms with Crippen molar-refractivity contribution >= 4 is 35.1 Å². The Bertz CT molecular complexity index is 1090. The molecule has 0 saturated heterocycles. The summed E-state index contributed by atoms with van der Waals surface area (Å²) in [6, 6.07) is 0. The maximum absolute atomic E-state index is 17.3. The highest BCUT2D eigenvalue weighted by molar-refractivity contribution is 7.78. The molecule has 3 saturated carbocycles. The summed E-state index contributed by atoms with van der Waals surface area (Å²) in [7, 11) is 0. The van der Waals surface area contributed by atoms with Gasteiger partial charge < -0.3 is 14.9 Å². The first kappa shape index (κ1) is 31.2. The molecular formula is C32H45FO6S. The van der Waals surface area contributed by atoms with Gasteiger partial charge in [-0.15, -0.1) is 0 Å². The monoisotopic (exact) mass is 576 g/mol. The predicted octanol–water partition coefficient (Wildman–Crippen LogP) is 5.57. The van der Waals surface area contributed by atoms with Crippen molar-refractivity contribution in [2.24, 2.45) is 28.6 Å². The molecule has 0 bridgehead atoms. The Labute approximate surface area is 242 Å². The van der Waals surface area contributed by atoms with Gasteiger partial charge >= 0.3 is 5.97 Å². The molecule has 0 radical (unpaired) electrons. The van der Waals surface area contributed by atoms with Crippen LogP contribution >= 0.6 is 12.2 Å².